The standard InChI is InChI=1S/C24H26O7/c1-7-14(4)23(27)30-21-19-16(10-8-15-9-11-17(25)28-20(15)19)31-24(5,6)22(21)29-18(26)12-13(2)3/h7-12,21-22H,1-6H3/b14-7-. The second-order valence-electron chi connectivity index (χ2n) is 8.23. The Kier molecular flexibility index (Phi) is 6.06. The summed E-state index contributed by atoms with van der Waals surface area (Å²) >= 11 is 0. The lowest BCUT2D eigenvalue weighted by Crippen LogP contribution is -2.52. The second-order valence-corrected chi connectivity index (χ2v) is 8.23. The summed E-state index contributed by atoms with van der Waals surface area (Å²) in [5.74, 6) is -0.775. The van der Waals surface area contributed by atoms with Gasteiger partial charge in [-0.25, -0.2) is 14.4 Å². The summed E-state index contributed by atoms with van der Waals surface area (Å²) < 4.78 is 23.1. The highest BCUT2D eigenvalue weighted by atomic mass is 16.6. The summed E-state index contributed by atoms with van der Waals surface area (Å²) in [5, 5.41) is 0.625. The Morgan fingerprint density at radius 2 is 1.74 bits per heavy atom. The van der Waals surface area contributed by atoms with Crippen LogP contribution < -0.4 is 10.4 Å². The topological polar surface area (TPSA) is 92.0 Å². The molecule has 0 bridgehead atoms. The van der Waals surface area contributed by atoms with E-state index in [2.05, 4.69) is 0 Å². The van der Waals surface area contributed by atoms with Crippen molar-refractivity contribution in [3.05, 3.63) is 63.5 Å². The molecule has 1 aliphatic rings. The first-order chi connectivity index (χ1) is 14.5. The molecular formula is C24H26O7. The maximum absolute atomic E-state index is 12.7. The quantitative estimate of drug-likeness (QED) is 0.407. The SMILES string of the molecule is C/C=C(/C)C(=O)OC1c2c(ccc3ccc(=O)oc23)OC(C)(C)C1OC(=O)C=C(C)C. The van der Waals surface area contributed by atoms with Gasteiger partial charge in [-0.3, -0.25) is 0 Å². The average Bonchev–Trinajstić information content (AvgIpc) is 2.68. The van der Waals surface area contributed by atoms with Crippen molar-refractivity contribution in [3.63, 3.8) is 0 Å². The largest absolute Gasteiger partial charge is 0.483 e. The molecule has 2 unspecified atom stereocenters. The third-order valence-corrected chi connectivity index (χ3v) is 5.04. The predicted molar refractivity (Wildman–Crippen MR) is 115 cm³/mol. The van der Waals surface area contributed by atoms with Crippen molar-refractivity contribution >= 4 is 22.9 Å². The first-order valence-corrected chi connectivity index (χ1v) is 9.98. The Hall–Kier alpha value is -3.35. The van der Waals surface area contributed by atoms with Gasteiger partial charge in [-0.2, -0.15) is 0 Å². The second kappa shape index (κ2) is 8.41. The maximum Gasteiger partial charge on any atom is 0.336 e. The van der Waals surface area contributed by atoms with Crippen LogP contribution in [-0.4, -0.2) is 23.6 Å². The van der Waals surface area contributed by atoms with E-state index in [0.29, 0.717) is 22.3 Å². The molecule has 1 aliphatic heterocycles. The van der Waals surface area contributed by atoms with E-state index in [9.17, 15) is 14.4 Å². The predicted octanol–water partition coefficient (Wildman–Crippen LogP) is 4.39. The van der Waals surface area contributed by atoms with Gasteiger partial charge in [0.15, 0.2) is 12.2 Å². The van der Waals surface area contributed by atoms with E-state index in [-0.39, 0.29) is 5.58 Å². The lowest BCUT2D eigenvalue weighted by Gasteiger charge is -2.43. The molecule has 3 rings (SSSR count). The minimum Gasteiger partial charge on any atom is -0.483 e. The van der Waals surface area contributed by atoms with Crippen LogP contribution in [0.5, 0.6) is 5.75 Å². The van der Waals surface area contributed by atoms with Crippen molar-refractivity contribution in [3.8, 4) is 5.75 Å². The molecule has 1 aromatic heterocycles. The van der Waals surface area contributed by atoms with Crippen molar-refractivity contribution in [1.29, 1.82) is 0 Å². The van der Waals surface area contributed by atoms with Gasteiger partial charge in [-0.15, -0.1) is 0 Å². The first kappa shape index (κ1) is 22.3. The molecule has 164 valence electrons. The molecule has 0 aliphatic carbocycles. The van der Waals surface area contributed by atoms with Gasteiger partial charge < -0.3 is 18.6 Å². The molecule has 0 saturated carbocycles. The number of ether oxygens (including phenoxy) is 3. The van der Waals surface area contributed by atoms with Crippen molar-refractivity contribution < 1.29 is 28.2 Å². The number of hydrogen-bond acceptors (Lipinski definition) is 7. The molecule has 0 radical (unpaired) electrons. The van der Waals surface area contributed by atoms with Crippen molar-refractivity contribution in [2.75, 3.05) is 0 Å². The van der Waals surface area contributed by atoms with E-state index < -0.39 is 35.4 Å². The first-order valence-electron chi connectivity index (χ1n) is 9.98. The fourth-order valence-corrected chi connectivity index (χ4v) is 3.40. The lowest BCUT2D eigenvalue weighted by atomic mass is 9.87. The van der Waals surface area contributed by atoms with Gasteiger partial charge in [0.2, 0.25) is 0 Å². The molecular weight excluding hydrogens is 400 g/mol. The Morgan fingerprint density at radius 1 is 1.06 bits per heavy atom. The van der Waals surface area contributed by atoms with Crippen LogP contribution in [0, 0.1) is 0 Å². The third-order valence-electron chi connectivity index (χ3n) is 5.04. The summed E-state index contributed by atoms with van der Waals surface area (Å²) in [6, 6.07) is 6.39. The van der Waals surface area contributed by atoms with Crippen LogP contribution >= 0.6 is 0 Å². The lowest BCUT2D eigenvalue weighted by molar-refractivity contribution is -0.185. The fourth-order valence-electron chi connectivity index (χ4n) is 3.40. The molecule has 2 atom stereocenters. The monoisotopic (exact) mass is 426 g/mol. The molecule has 2 aromatic rings. The highest BCUT2D eigenvalue weighted by Crippen LogP contribution is 2.46. The number of esters is 2. The number of allylic oxidation sites excluding steroid dienone is 2. The molecule has 0 spiro atoms. The number of carbonyl (C=O) groups is 2. The van der Waals surface area contributed by atoms with Crippen LogP contribution in [0.1, 0.15) is 53.2 Å². The van der Waals surface area contributed by atoms with Crippen molar-refractivity contribution in [2.24, 2.45) is 0 Å². The van der Waals surface area contributed by atoms with E-state index in [0.717, 1.165) is 5.57 Å². The molecule has 0 fully saturated rings. The van der Waals surface area contributed by atoms with Crippen molar-refractivity contribution in [2.45, 2.75) is 59.4 Å². The number of hydrogen-bond donors (Lipinski definition) is 0. The smallest absolute Gasteiger partial charge is 0.336 e. The molecule has 2 heterocycles. The van der Waals surface area contributed by atoms with Crippen LogP contribution in [-0.2, 0) is 19.1 Å². The zero-order valence-electron chi connectivity index (χ0n) is 18.5. The number of carbonyl (C=O) groups excluding carboxylic acids is 2. The fraction of sp³-hybridized carbons (Fsp3) is 0.375. The van der Waals surface area contributed by atoms with E-state index in [4.69, 9.17) is 18.6 Å². The highest BCUT2D eigenvalue weighted by Gasteiger charge is 2.50. The van der Waals surface area contributed by atoms with Gasteiger partial charge >= 0.3 is 17.6 Å². The Balaban J connectivity index is 2.22. The van der Waals surface area contributed by atoms with Gasteiger partial charge in [0, 0.05) is 23.1 Å². The number of rotatable bonds is 4. The molecule has 7 nitrogen and oxygen atoms in total. The molecule has 31 heavy (non-hydrogen) atoms. The molecule has 0 saturated heterocycles. The zero-order valence-corrected chi connectivity index (χ0v) is 18.5. The molecule has 0 N–H and O–H groups in total. The Bertz CT molecular complexity index is 1150. The van der Waals surface area contributed by atoms with Crippen LogP contribution in [0.15, 0.2) is 56.8 Å². The van der Waals surface area contributed by atoms with E-state index >= 15 is 0 Å². The Morgan fingerprint density at radius 3 is 2.39 bits per heavy atom. The normalized spacial score (nSPS) is 19.7. The van der Waals surface area contributed by atoms with E-state index in [1.165, 1.54) is 12.1 Å². The molecule has 7 heteroatoms. The third kappa shape index (κ3) is 4.55. The van der Waals surface area contributed by atoms with Crippen molar-refractivity contribution in [1.82, 2.24) is 0 Å². The van der Waals surface area contributed by atoms with Gasteiger partial charge in [-0.05, 0) is 59.7 Å². The van der Waals surface area contributed by atoms with Gasteiger partial charge in [0.1, 0.15) is 16.9 Å². The summed E-state index contributed by atoms with van der Waals surface area (Å²) in [6.45, 7) is 10.4. The Labute approximate surface area is 180 Å². The minimum absolute atomic E-state index is 0.222. The average molecular weight is 426 g/mol. The van der Waals surface area contributed by atoms with Crippen LogP contribution in [0.4, 0.5) is 0 Å². The minimum atomic E-state index is -1.05. The summed E-state index contributed by atoms with van der Waals surface area (Å²) in [7, 11) is 0. The van der Waals surface area contributed by atoms with Crippen LogP contribution in [0.3, 0.4) is 0 Å². The zero-order chi connectivity index (χ0) is 22.9. The van der Waals surface area contributed by atoms with Gasteiger partial charge in [-0.1, -0.05) is 11.6 Å². The van der Waals surface area contributed by atoms with E-state index in [1.54, 1.807) is 65.8 Å². The van der Waals surface area contributed by atoms with Gasteiger partial charge in [0.25, 0.3) is 0 Å². The van der Waals surface area contributed by atoms with Crippen LogP contribution in [0.2, 0.25) is 0 Å². The molecule has 0 amide bonds. The van der Waals surface area contributed by atoms with Crippen LogP contribution in [0.25, 0.3) is 11.0 Å². The van der Waals surface area contributed by atoms with E-state index in [1.807, 2.05) is 0 Å². The summed E-state index contributed by atoms with van der Waals surface area (Å²) in [5.41, 5.74) is 0.131. The number of benzene rings is 1. The molecule has 1 aromatic carbocycles. The highest BCUT2D eigenvalue weighted by molar-refractivity contribution is 5.89. The summed E-state index contributed by atoms with van der Waals surface area (Å²) in [4.78, 5) is 37.1. The summed E-state index contributed by atoms with van der Waals surface area (Å²) in [6.07, 6.45) is 0.934. The number of fused-ring (bicyclic) bond motifs is 3. The maximum atomic E-state index is 12.7. The van der Waals surface area contributed by atoms with Gasteiger partial charge in [0.05, 0.1) is 5.56 Å².